The Bertz CT molecular complexity index is 563. The number of ether oxygens (including phenoxy) is 1. The first kappa shape index (κ1) is 16.2. The quantitative estimate of drug-likeness (QED) is 0.618. The van der Waals surface area contributed by atoms with Crippen LogP contribution in [0.15, 0.2) is 18.2 Å². The molecule has 0 aromatic heterocycles. The van der Waals surface area contributed by atoms with Crippen LogP contribution in [0.4, 0.5) is 14.9 Å². The number of benzene rings is 1. The Balaban J connectivity index is 2.69. The Morgan fingerprint density at radius 1 is 1.33 bits per heavy atom. The van der Waals surface area contributed by atoms with E-state index in [1.165, 1.54) is 19.2 Å². The molecule has 1 atom stereocenters. The minimum Gasteiger partial charge on any atom is -0.494 e. The molecular weight excluding hydrogens is 287 g/mol. The van der Waals surface area contributed by atoms with Crippen LogP contribution in [0, 0.1) is 5.82 Å². The van der Waals surface area contributed by atoms with Gasteiger partial charge in [-0.15, -0.1) is 0 Å². The highest BCUT2D eigenvalue weighted by Gasteiger charge is 2.23. The molecule has 9 heteroatoms. The van der Waals surface area contributed by atoms with Crippen LogP contribution in [-0.2, 0) is 9.59 Å². The van der Waals surface area contributed by atoms with Gasteiger partial charge in [0.1, 0.15) is 6.04 Å². The third-order valence-corrected chi connectivity index (χ3v) is 2.39. The highest BCUT2D eigenvalue weighted by atomic mass is 19.1. The van der Waals surface area contributed by atoms with E-state index in [0.29, 0.717) is 0 Å². The summed E-state index contributed by atoms with van der Waals surface area (Å²) >= 11 is 0. The molecule has 2 amide bonds. The molecule has 1 rings (SSSR count). The van der Waals surface area contributed by atoms with Crippen molar-refractivity contribution in [2.24, 2.45) is 0 Å². The molecule has 0 heterocycles. The molecule has 0 saturated heterocycles. The predicted octanol–water partition coefficient (Wildman–Crippen LogP) is 0.884. The van der Waals surface area contributed by atoms with Crippen LogP contribution in [0.5, 0.6) is 5.75 Å². The second-order valence-electron chi connectivity index (χ2n) is 3.94. The number of halogens is 1. The molecule has 0 aliphatic heterocycles. The minimum absolute atomic E-state index is 0.0183. The molecule has 0 radical (unpaired) electrons. The molecule has 0 fully saturated rings. The maximum absolute atomic E-state index is 13.4. The van der Waals surface area contributed by atoms with E-state index >= 15 is 0 Å². The average molecular weight is 300 g/mol. The fraction of sp³-hybridized carbons (Fsp3) is 0.250. The summed E-state index contributed by atoms with van der Waals surface area (Å²) in [6.45, 7) is 0. The van der Waals surface area contributed by atoms with Gasteiger partial charge in [0, 0.05) is 11.8 Å². The SMILES string of the molecule is COc1ccc(NC(=O)NC(CC(=O)O)C(=O)O)cc1F. The van der Waals surface area contributed by atoms with Crippen molar-refractivity contribution in [3.63, 3.8) is 0 Å². The van der Waals surface area contributed by atoms with Crippen LogP contribution in [0.25, 0.3) is 0 Å². The molecular formula is C12H13FN2O6. The molecule has 8 nitrogen and oxygen atoms in total. The van der Waals surface area contributed by atoms with Gasteiger partial charge in [-0.2, -0.15) is 0 Å². The minimum atomic E-state index is -1.59. The fourth-order valence-electron chi connectivity index (χ4n) is 1.44. The molecule has 1 aromatic rings. The van der Waals surface area contributed by atoms with E-state index in [1.54, 1.807) is 0 Å². The number of nitrogens with one attached hydrogen (secondary N) is 2. The summed E-state index contributed by atoms with van der Waals surface area (Å²) in [5.41, 5.74) is 0.0604. The second-order valence-corrected chi connectivity index (χ2v) is 3.94. The highest BCUT2D eigenvalue weighted by Crippen LogP contribution is 2.20. The van der Waals surface area contributed by atoms with E-state index in [-0.39, 0.29) is 11.4 Å². The predicted molar refractivity (Wildman–Crippen MR) is 68.8 cm³/mol. The van der Waals surface area contributed by atoms with Gasteiger partial charge in [-0.25, -0.2) is 14.0 Å². The van der Waals surface area contributed by atoms with E-state index in [4.69, 9.17) is 14.9 Å². The van der Waals surface area contributed by atoms with Gasteiger partial charge in [-0.1, -0.05) is 0 Å². The van der Waals surface area contributed by atoms with Crippen molar-refractivity contribution < 1.29 is 33.7 Å². The van der Waals surface area contributed by atoms with Crippen LogP contribution < -0.4 is 15.4 Å². The number of carbonyl (C=O) groups excluding carboxylic acids is 1. The van der Waals surface area contributed by atoms with Crippen LogP contribution in [0.3, 0.4) is 0 Å². The van der Waals surface area contributed by atoms with Crippen LogP contribution in [0.1, 0.15) is 6.42 Å². The number of hydrogen-bond acceptors (Lipinski definition) is 4. The summed E-state index contributed by atoms with van der Waals surface area (Å²) in [4.78, 5) is 32.8. The van der Waals surface area contributed by atoms with Crippen molar-refractivity contribution in [3.8, 4) is 5.75 Å². The highest BCUT2D eigenvalue weighted by molar-refractivity contribution is 5.93. The van der Waals surface area contributed by atoms with E-state index in [0.717, 1.165) is 6.07 Å². The summed E-state index contributed by atoms with van der Waals surface area (Å²) in [6, 6.07) is 1.04. The lowest BCUT2D eigenvalue weighted by Crippen LogP contribution is -2.44. The van der Waals surface area contributed by atoms with Crippen LogP contribution >= 0.6 is 0 Å². The average Bonchev–Trinajstić information content (AvgIpc) is 2.37. The normalized spacial score (nSPS) is 11.3. The summed E-state index contributed by atoms with van der Waals surface area (Å²) in [5, 5.41) is 21.4. The second kappa shape index (κ2) is 7.08. The first-order valence-corrected chi connectivity index (χ1v) is 5.69. The molecule has 0 saturated carbocycles. The van der Waals surface area contributed by atoms with E-state index in [1.807, 2.05) is 5.32 Å². The van der Waals surface area contributed by atoms with E-state index < -0.39 is 36.2 Å². The number of rotatable bonds is 6. The van der Waals surface area contributed by atoms with Gasteiger partial charge in [-0.05, 0) is 12.1 Å². The van der Waals surface area contributed by atoms with Gasteiger partial charge in [-0.3, -0.25) is 4.79 Å². The number of carboxylic acids is 2. The molecule has 114 valence electrons. The summed E-state index contributed by atoms with van der Waals surface area (Å²) < 4.78 is 18.1. The Kier molecular flexibility index (Phi) is 5.47. The third-order valence-electron chi connectivity index (χ3n) is 2.39. The number of carbonyl (C=O) groups is 3. The smallest absolute Gasteiger partial charge is 0.326 e. The van der Waals surface area contributed by atoms with Crippen molar-refractivity contribution in [2.75, 3.05) is 12.4 Å². The topological polar surface area (TPSA) is 125 Å². The maximum atomic E-state index is 13.4. The zero-order valence-corrected chi connectivity index (χ0v) is 10.9. The van der Waals surface area contributed by atoms with Gasteiger partial charge in [0.15, 0.2) is 11.6 Å². The zero-order valence-electron chi connectivity index (χ0n) is 10.9. The number of carboxylic acid groups (broad SMARTS) is 2. The number of amides is 2. The number of anilines is 1. The van der Waals surface area contributed by atoms with Crippen molar-refractivity contribution in [1.29, 1.82) is 0 Å². The molecule has 0 spiro atoms. The largest absolute Gasteiger partial charge is 0.494 e. The molecule has 4 N–H and O–H groups in total. The molecule has 1 aromatic carbocycles. The lowest BCUT2D eigenvalue weighted by atomic mass is 10.2. The Morgan fingerprint density at radius 2 is 2.00 bits per heavy atom. The number of urea groups is 1. The number of methoxy groups -OCH3 is 1. The van der Waals surface area contributed by atoms with E-state index in [9.17, 15) is 18.8 Å². The third kappa shape index (κ3) is 4.97. The number of aliphatic carboxylic acids is 2. The van der Waals surface area contributed by atoms with Crippen molar-refractivity contribution in [3.05, 3.63) is 24.0 Å². The first-order chi connectivity index (χ1) is 9.83. The summed E-state index contributed by atoms with van der Waals surface area (Å²) in [6.07, 6.45) is -0.778. The molecule has 0 aliphatic rings. The summed E-state index contributed by atoms with van der Waals surface area (Å²) in [7, 11) is 1.28. The molecule has 0 bridgehead atoms. The number of hydrogen-bond donors (Lipinski definition) is 4. The Morgan fingerprint density at radius 3 is 2.48 bits per heavy atom. The van der Waals surface area contributed by atoms with Gasteiger partial charge in [0.2, 0.25) is 0 Å². The van der Waals surface area contributed by atoms with E-state index in [2.05, 4.69) is 5.32 Å². The fourth-order valence-corrected chi connectivity index (χ4v) is 1.44. The maximum Gasteiger partial charge on any atom is 0.326 e. The first-order valence-electron chi connectivity index (χ1n) is 5.69. The van der Waals surface area contributed by atoms with Crippen LogP contribution in [0.2, 0.25) is 0 Å². The Hall–Kier alpha value is -2.84. The lowest BCUT2D eigenvalue weighted by molar-refractivity contribution is -0.145. The van der Waals surface area contributed by atoms with Gasteiger partial charge in [0.05, 0.1) is 13.5 Å². The molecule has 1 unspecified atom stereocenters. The van der Waals surface area contributed by atoms with Gasteiger partial charge in [0.25, 0.3) is 0 Å². The zero-order chi connectivity index (χ0) is 16.0. The molecule has 0 aliphatic carbocycles. The standard InChI is InChI=1S/C12H13FN2O6/c1-21-9-3-2-6(4-7(9)13)14-12(20)15-8(11(18)19)5-10(16)17/h2-4,8H,5H2,1H3,(H,16,17)(H,18,19)(H2,14,15,20). The van der Waals surface area contributed by atoms with Crippen molar-refractivity contribution >= 4 is 23.7 Å². The molecule has 21 heavy (non-hydrogen) atoms. The Labute approximate surface area is 118 Å². The monoisotopic (exact) mass is 300 g/mol. The van der Waals surface area contributed by atoms with Crippen molar-refractivity contribution in [2.45, 2.75) is 12.5 Å². The van der Waals surface area contributed by atoms with Gasteiger partial charge >= 0.3 is 18.0 Å². The van der Waals surface area contributed by atoms with Gasteiger partial charge < -0.3 is 25.6 Å². The van der Waals surface area contributed by atoms with Crippen molar-refractivity contribution in [1.82, 2.24) is 5.32 Å². The lowest BCUT2D eigenvalue weighted by Gasteiger charge is -2.13. The van der Waals surface area contributed by atoms with Crippen LogP contribution in [-0.4, -0.2) is 41.3 Å². The summed E-state index contributed by atoms with van der Waals surface area (Å²) in [5.74, 6) is -3.60.